The molecule has 4 saturated heterocycles. The third-order valence-corrected chi connectivity index (χ3v) is 12.2. The molecule has 0 bridgehead atoms. The molecule has 4 heterocycles. The van der Waals surface area contributed by atoms with Crippen LogP contribution in [0.1, 0.15) is 91.0 Å². The number of ether oxygens (including phenoxy) is 1. The predicted molar refractivity (Wildman–Crippen MR) is 184 cm³/mol. The first-order valence-electron chi connectivity index (χ1n) is 18.5. The number of likely N-dealkylation sites (N-methyl/N-ethyl adjacent to an activating group) is 1. The number of amides is 3. The van der Waals surface area contributed by atoms with Gasteiger partial charge in [0.05, 0.1) is 12.0 Å². The van der Waals surface area contributed by atoms with Crippen LogP contribution in [0.2, 0.25) is 0 Å². The summed E-state index contributed by atoms with van der Waals surface area (Å²) in [4.78, 5) is 53.7. The molecule has 0 spiro atoms. The van der Waals surface area contributed by atoms with E-state index < -0.39 is 35.6 Å². The topological polar surface area (TPSA) is 76.6 Å². The number of piperazine rings is 1. The second kappa shape index (κ2) is 14.2. The Morgan fingerprint density at radius 1 is 0.918 bits per heavy atom. The Balaban J connectivity index is 1.34. The summed E-state index contributed by atoms with van der Waals surface area (Å²) < 4.78 is 35.3. The maximum Gasteiger partial charge on any atom is 0.252 e. The number of hydrogen-bond donors (Lipinski definition) is 0. The van der Waals surface area contributed by atoms with E-state index in [4.69, 9.17) is 4.74 Å². The molecule has 0 radical (unpaired) electrons. The van der Waals surface area contributed by atoms with E-state index >= 15 is 4.39 Å². The van der Waals surface area contributed by atoms with Gasteiger partial charge in [0.2, 0.25) is 11.8 Å². The largest absolute Gasteiger partial charge is 0.368 e. The van der Waals surface area contributed by atoms with E-state index in [0.29, 0.717) is 51.2 Å². The smallest absolute Gasteiger partial charge is 0.252 e. The zero-order valence-corrected chi connectivity index (χ0v) is 30.4. The summed E-state index contributed by atoms with van der Waals surface area (Å²) in [5.41, 5.74) is 0.244. The van der Waals surface area contributed by atoms with Crippen molar-refractivity contribution < 1.29 is 27.9 Å². The lowest BCUT2D eigenvalue weighted by Crippen LogP contribution is -2.54. The Morgan fingerprint density at radius 3 is 2.22 bits per heavy atom. The van der Waals surface area contributed by atoms with Gasteiger partial charge >= 0.3 is 0 Å². The van der Waals surface area contributed by atoms with Gasteiger partial charge in [0, 0.05) is 76.0 Å². The number of halogens is 2. The van der Waals surface area contributed by atoms with Gasteiger partial charge in [0.15, 0.2) is 0 Å². The third kappa shape index (κ3) is 7.69. The van der Waals surface area contributed by atoms with Gasteiger partial charge < -0.3 is 24.3 Å². The fourth-order valence-corrected chi connectivity index (χ4v) is 8.92. The Kier molecular flexibility index (Phi) is 10.5. The molecule has 0 aromatic heterocycles. The van der Waals surface area contributed by atoms with Crippen LogP contribution in [0.5, 0.6) is 0 Å². The minimum Gasteiger partial charge on any atom is -0.368 e. The number of rotatable bonds is 6. The van der Waals surface area contributed by atoms with Crippen molar-refractivity contribution in [2.45, 2.75) is 115 Å². The maximum absolute atomic E-state index is 15.4. The zero-order valence-electron chi connectivity index (χ0n) is 30.4. The van der Waals surface area contributed by atoms with Crippen molar-refractivity contribution in [2.75, 3.05) is 59.5 Å². The average Bonchev–Trinajstić information content (AvgIpc) is 3.82. The quantitative estimate of drug-likeness (QED) is 0.440. The van der Waals surface area contributed by atoms with E-state index in [0.717, 1.165) is 51.3 Å². The number of likely N-dealkylation sites (tertiary alicyclic amines) is 2. The van der Waals surface area contributed by atoms with Gasteiger partial charge in [-0.05, 0) is 89.8 Å². The lowest BCUT2D eigenvalue weighted by Gasteiger charge is -2.43. The van der Waals surface area contributed by atoms with Gasteiger partial charge in [-0.2, -0.15) is 0 Å². The summed E-state index contributed by atoms with van der Waals surface area (Å²) >= 11 is 0. The Morgan fingerprint density at radius 2 is 1.61 bits per heavy atom. The van der Waals surface area contributed by atoms with E-state index in [1.807, 2.05) is 16.8 Å². The van der Waals surface area contributed by atoms with Crippen molar-refractivity contribution >= 4 is 17.7 Å². The molecule has 0 unspecified atom stereocenters. The number of carbonyl (C=O) groups excluding carboxylic acids is 3. The second-order valence-electron chi connectivity index (χ2n) is 17.1. The van der Waals surface area contributed by atoms with Gasteiger partial charge in [0.1, 0.15) is 23.8 Å². The van der Waals surface area contributed by atoms with Crippen LogP contribution < -0.4 is 0 Å². The highest BCUT2D eigenvalue weighted by molar-refractivity contribution is 5.91. The van der Waals surface area contributed by atoms with Gasteiger partial charge in [-0.25, -0.2) is 8.78 Å². The molecule has 9 nitrogen and oxygen atoms in total. The average molecular weight is 686 g/mol. The van der Waals surface area contributed by atoms with Gasteiger partial charge in [-0.1, -0.05) is 19.9 Å². The first kappa shape index (κ1) is 36.2. The zero-order chi connectivity index (χ0) is 35.2. The molecular formula is C38H57F2N5O4. The van der Waals surface area contributed by atoms with E-state index in [1.165, 1.54) is 12.1 Å². The molecule has 6 rings (SSSR count). The Bertz CT molecular complexity index is 1380. The molecule has 1 aliphatic carbocycles. The van der Waals surface area contributed by atoms with Gasteiger partial charge in [-0.3, -0.25) is 19.3 Å². The summed E-state index contributed by atoms with van der Waals surface area (Å²) in [5.74, 6) is -2.72. The molecule has 49 heavy (non-hydrogen) atoms. The molecule has 4 aliphatic heterocycles. The summed E-state index contributed by atoms with van der Waals surface area (Å²) in [6.45, 7) is 15.1. The minimum absolute atomic E-state index is 0.0154. The first-order chi connectivity index (χ1) is 23.1. The summed E-state index contributed by atoms with van der Waals surface area (Å²) in [7, 11) is 2.04. The molecular weight excluding hydrogens is 628 g/mol. The normalized spacial score (nSPS) is 30.2. The van der Waals surface area contributed by atoms with E-state index in [1.54, 1.807) is 4.90 Å². The molecule has 11 heteroatoms. The minimum atomic E-state index is -0.719. The molecule has 0 N–H and O–H groups in total. The van der Waals surface area contributed by atoms with Gasteiger partial charge in [0.25, 0.3) is 5.91 Å². The number of hydrogen-bond acceptors (Lipinski definition) is 6. The molecule has 5 fully saturated rings. The van der Waals surface area contributed by atoms with Crippen LogP contribution in [0.3, 0.4) is 0 Å². The second-order valence-corrected chi connectivity index (χ2v) is 17.1. The number of nitrogens with zero attached hydrogens (tertiary/aromatic N) is 5. The molecule has 1 aromatic carbocycles. The fourth-order valence-electron chi connectivity index (χ4n) is 8.92. The highest BCUT2D eigenvalue weighted by Gasteiger charge is 2.52. The number of benzene rings is 1. The van der Waals surface area contributed by atoms with Crippen LogP contribution in [-0.4, -0.2) is 131 Å². The van der Waals surface area contributed by atoms with Crippen molar-refractivity contribution in [1.29, 1.82) is 0 Å². The Hall–Kier alpha value is -2.63. The lowest BCUT2D eigenvalue weighted by atomic mass is 9.75. The van der Waals surface area contributed by atoms with Crippen LogP contribution >= 0.6 is 0 Å². The SMILES string of the molecule is CN1CCN(C(=O)[C@@H]2C[C@H](N(C(=O)[C@@H]3CCCO3)C3CCC(C)(C)CC3)CN2C(=O)[C@@H]2CN(C(C)(C)C)C[C@H]2c2ccc(F)cc2F)CC1. The molecule has 272 valence electrons. The van der Waals surface area contributed by atoms with Crippen molar-refractivity contribution in [3.63, 3.8) is 0 Å². The molecule has 3 amide bonds. The predicted octanol–water partition coefficient (Wildman–Crippen LogP) is 4.50. The van der Waals surface area contributed by atoms with Crippen molar-refractivity contribution in [3.05, 3.63) is 35.4 Å². The van der Waals surface area contributed by atoms with Crippen molar-refractivity contribution in [3.8, 4) is 0 Å². The molecule has 5 atom stereocenters. The fraction of sp³-hybridized carbons (Fsp3) is 0.763. The van der Waals surface area contributed by atoms with Crippen LogP contribution in [0, 0.1) is 23.0 Å². The first-order valence-corrected chi connectivity index (χ1v) is 18.5. The number of carbonyl (C=O) groups is 3. The summed E-state index contributed by atoms with van der Waals surface area (Å²) in [6, 6.07) is 2.59. The van der Waals surface area contributed by atoms with Crippen LogP contribution in [0.25, 0.3) is 0 Å². The van der Waals surface area contributed by atoms with E-state index in [-0.39, 0.29) is 47.3 Å². The highest BCUT2D eigenvalue weighted by atomic mass is 19.1. The van der Waals surface area contributed by atoms with Crippen LogP contribution in [0.15, 0.2) is 18.2 Å². The molecule has 1 aromatic rings. The van der Waals surface area contributed by atoms with Crippen molar-refractivity contribution in [1.82, 2.24) is 24.5 Å². The van der Waals surface area contributed by atoms with Crippen LogP contribution in [-0.2, 0) is 19.1 Å². The Labute approximate surface area is 291 Å². The summed E-state index contributed by atoms with van der Waals surface area (Å²) in [6.07, 6.45) is 5.16. The van der Waals surface area contributed by atoms with E-state index in [9.17, 15) is 18.8 Å². The van der Waals surface area contributed by atoms with Crippen LogP contribution in [0.4, 0.5) is 8.78 Å². The van der Waals surface area contributed by atoms with E-state index in [2.05, 4.69) is 44.4 Å². The molecule has 5 aliphatic rings. The lowest BCUT2D eigenvalue weighted by molar-refractivity contribution is -0.148. The third-order valence-electron chi connectivity index (χ3n) is 12.2. The monoisotopic (exact) mass is 685 g/mol. The van der Waals surface area contributed by atoms with Crippen molar-refractivity contribution in [2.24, 2.45) is 11.3 Å². The summed E-state index contributed by atoms with van der Waals surface area (Å²) in [5, 5.41) is 0. The highest BCUT2D eigenvalue weighted by Crippen LogP contribution is 2.42. The van der Waals surface area contributed by atoms with Gasteiger partial charge in [-0.15, -0.1) is 0 Å². The maximum atomic E-state index is 15.4. The standard InChI is InChI=1S/C38H57F2N5O4/c1-37(2,3)43-23-29(28-10-9-25(39)20-31(28)40)30(24-43)34(46)44-22-27(21-32(44)35(47)42-17-15-41(6)16-18-42)45(36(48)33-8-7-19-49-33)26-11-13-38(4,5)14-12-26/h9-10,20,26-27,29-30,32-33H,7-8,11-19,21-24H2,1-6H3/t27-,29-,30+,32-,33-/m0/s1. The molecule has 1 saturated carbocycles.